The second kappa shape index (κ2) is 18.1. The number of benzene rings is 5. The minimum Gasteiger partial charge on any atom is -0.338 e. The van der Waals surface area contributed by atoms with Crippen molar-refractivity contribution in [2.24, 2.45) is 5.92 Å². The van der Waals surface area contributed by atoms with Crippen molar-refractivity contribution < 1.29 is 0 Å². The van der Waals surface area contributed by atoms with Gasteiger partial charge in [-0.1, -0.05) is 184 Å². The summed E-state index contributed by atoms with van der Waals surface area (Å²) in [6, 6.07) is 42.1. The molecule has 2 heterocycles. The number of fused-ring (bicyclic) bond motifs is 8. The van der Waals surface area contributed by atoms with E-state index in [0.29, 0.717) is 5.92 Å². The van der Waals surface area contributed by atoms with Gasteiger partial charge in [0.05, 0.1) is 23.1 Å². The maximum absolute atomic E-state index is 3.81. The van der Waals surface area contributed by atoms with Crippen LogP contribution in [0.3, 0.4) is 0 Å². The minimum atomic E-state index is -0.165. The van der Waals surface area contributed by atoms with Gasteiger partial charge in [0, 0.05) is 56.5 Å². The monoisotopic (exact) mass is 931 g/mol. The molecule has 5 aromatic carbocycles. The van der Waals surface area contributed by atoms with Gasteiger partial charge in [0.25, 0.3) is 0 Å². The van der Waals surface area contributed by atoms with Gasteiger partial charge in [-0.2, -0.15) is 0 Å². The average Bonchev–Trinajstić information content (AvgIpc) is 4.03. The van der Waals surface area contributed by atoms with Crippen molar-refractivity contribution in [3.05, 3.63) is 270 Å². The lowest BCUT2D eigenvalue weighted by Gasteiger charge is -2.38. The van der Waals surface area contributed by atoms with Crippen LogP contribution in [-0.4, -0.2) is 16.7 Å². The predicted molar refractivity (Wildman–Crippen MR) is 307 cm³/mol. The van der Waals surface area contributed by atoms with Crippen LogP contribution in [0.25, 0.3) is 44.7 Å². The van der Waals surface area contributed by atoms with Gasteiger partial charge < -0.3 is 14.4 Å². The molecule has 0 radical (unpaired) electrons. The zero-order valence-corrected chi connectivity index (χ0v) is 41.5. The van der Waals surface area contributed by atoms with Crippen molar-refractivity contribution >= 4 is 61.8 Å². The first-order chi connectivity index (χ1) is 35.4. The van der Waals surface area contributed by atoms with Crippen molar-refractivity contribution in [2.75, 3.05) is 9.80 Å². The summed E-state index contributed by atoms with van der Waals surface area (Å²) in [7, 11) is 0. The van der Waals surface area contributed by atoms with Crippen LogP contribution in [-0.2, 0) is 5.41 Å². The number of rotatable bonds is 10. The molecule has 0 amide bonds. The van der Waals surface area contributed by atoms with Crippen molar-refractivity contribution in [3.8, 4) is 0 Å². The first kappa shape index (κ1) is 44.1. The molecular weight excluding hydrogens is 871 g/mol. The number of para-hydroxylation sites is 2. The molecule has 0 fully saturated rings. The average molecular weight is 932 g/mol. The lowest BCUT2D eigenvalue weighted by molar-refractivity contribution is 0.641. The number of nitrogens with zero attached hydrogens (tertiary/aromatic N) is 3. The fourth-order valence-electron chi connectivity index (χ4n) is 13.0. The van der Waals surface area contributed by atoms with Gasteiger partial charge in [-0.15, -0.1) is 0 Å². The number of anilines is 3. The molecule has 0 spiro atoms. The second-order valence-electron chi connectivity index (χ2n) is 21.0. The Bertz CT molecular complexity index is 3590. The van der Waals surface area contributed by atoms with Crippen LogP contribution in [0.1, 0.15) is 86.1 Å². The lowest BCUT2D eigenvalue weighted by Crippen LogP contribution is -2.35. The summed E-state index contributed by atoms with van der Waals surface area (Å²) >= 11 is 0. The Morgan fingerprint density at radius 2 is 1.61 bits per heavy atom. The Morgan fingerprint density at radius 1 is 0.736 bits per heavy atom. The summed E-state index contributed by atoms with van der Waals surface area (Å²) < 4.78 is 2.48. The van der Waals surface area contributed by atoms with Crippen LogP contribution in [0.5, 0.6) is 0 Å². The molecule has 6 aliphatic carbocycles. The van der Waals surface area contributed by atoms with Gasteiger partial charge in [0.1, 0.15) is 0 Å². The normalized spacial score (nSPS) is 22.6. The van der Waals surface area contributed by atoms with Crippen LogP contribution >= 0.6 is 0 Å². The molecule has 3 heteroatoms. The molecule has 3 nitrogen and oxygen atoms in total. The molecule has 6 aromatic rings. The van der Waals surface area contributed by atoms with E-state index in [2.05, 4.69) is 241 Å². The maximum atomic E-state index is 3.81. The zero-order valence-electron chi connectivity index (χ0n) is 41.5. The highest BCUT2D eigenvalue weighted by atomic mass is 15.2. The standard InChI is InChI=1S/C69H61N3/c1-4-5-6-9-18-47-27-33-53(34-28-47)70(54-35-29-49(30-36-54)48-19-10-7-11-20-48)55-37-39-57-58-40-38-56(46-64(58)69(2,3)63(57)45-55)72-66-26-17-15-24-60(66)62-44-51(32-42-68(62)72)50-31-41-67-61(43-50)59-23-14-16-25-65(59)71(67)52-21-12-8-13-22-52/h4-12,14-19,21,23-35,38,40-46,48,54,62,68H,1,13,20,22,36-37,39H2,2-3H3. The molecule has 72 heavy (non-hydrogen) atoms. The first-order valence-electron chi connectivity index (χ1n) is 26.3. The van der Waals surface area contributed by atoms with Crippen molar-refractivity contribution in [1.82, 2.24) is 4.57 Å². The van der Waals surface area contributed by atoms with Crippen LogP contribution in [0.2, 0.25) is 0 Å². The van der Waals surface area contributed by atoms with Gasteiger partial charge >= 0.3 is 0 Å². The molecule has 13 rings (SSSR count). The molecule has 352 valence electrons. The number of hydrogen-bond donors (Lipinski definition) is 0. The van der Waals surface area contributed by atoms with Crippen molar-refractivity contribution in [1.29, 1.82) is 0 Å². The smallest absolute Gasteiger partial charge is 0.0630 e. The van der Waals surface area contributed by atoms with Gasteiger partial charge in [-0.05, 0) is 149 Å². The molecule has 0 N–H and O–H groups in total. The Balaban J connectivity index is 0.811. The quantitative estimate of drug-likeness (QED) is 0.127. The molecule has 4 unspecified atom stereocenters. The van der Waals surface area contributed by atoms with Gasteiger partial charge in [0.2, 0.25) is 0 Å². The fraction of sp³-hybridized carbons (Fsp3) is 0.188. The number of aromatic nitrogens is 1. The van der Waals surface area contributed by atoms with E-state index in [4.69, 9.17) is 0 Å². The van der Waals surface area contributed by atoms with Crippen LogP contribution < -0.4 is 9.80 Å². The summed E-state index contributed by atoms with van der Waals surface area (Å²) in [6.07, 6.45) is 49.3. The Hall–Kier alpha value is -7.88. The largest absolute Gasteiger partial charge is 0.338 e. The molecule has 0 saturated carbocycles. The highest BCUT2D eigenvalue weighted by Crippen LogP contribution is 2.55. The van der Waals surface area contributed by atoms with E-state index in [1.165, 1.54) is 100 Å². The molecule has 4 atom stereocenters. The summed E-state index contributed by atoms with van der Waals surface area (Å²) in [6.45, 7) is 8.72. The third-order valence-electron chi connectivity index (χ3n) is 16.5. The van der Waals surface area contributed by atoms with Crippen LogP contribution in [0.4, 0.5) is 17.1 Å². The minimum absolute atomic E-state index is 0.165. The van der Waals surface area contributed by atoms with Crippen LogP contribution in [0, 0.1) is 5.92 Å². The highest BCUT2D eigenvalue weighted by Gasteiger charge is 2.42. The Labute approximate surface area is 425 Å². The predicted octanol–water partition coefficient (Wildman–Crippen LogP) is 17.6. The van der Waals surface area contributed by atoms with E-state index in [9.17, 15) is 0 Å². The summed E-state index contributed by atoms with van der Waals surface area (Å²) in [5.41, 5.74) is 21.4. The van der Waals surface area contributed by atoms with E-state index in [1.54, 1.807) is 0 Å². The Kier molecular flexibility index (Phi) is 11.1. The molecule has 0 saturated heterocycles. The number of hydrogen-bond acceptors (Lipinski definition) is 2. The first-order valence-corrected chi connectivity index (χ1v) is 26.3. The topological polar surface area (TPSA) is 11.4 Å². The van der Waals surface area contributed by atoms with E-state index in [-0.39, 0.29) is 23.4 Å². The zero-order chi connectivity index (χ0) is 48.3. The van der Waals surface area contributed by atoms with Gasteiger partial charge in [-0.25, -0.2) is 0 Å². The molecule has 1 aromatic heterocycles. The molecule has 7 aliphatic rings. The van der Waals surface area contributed by atoms with E-state index in [0.717, 1.165) is 38.5 Å². The molecular formula is C69H61N3. The molecule has 1 aliphatic heterocycles. The maximum Gasteiger partial charge on any atom is 0.0630 e. The van der Waals surface area contributed by atoms with E-state index < -0.39 is 0 Å². The van der Waals surface area contributed by atoms with Gasteiger partial charge in [-0.3, -0.25) is 0 Å². The fourth-order valence-corrected chi connectivity index (χ4v) is 13.0. The van der Waals surface area contributed by atoms with Gasteiger partial charge in [0.15, 0.2) is 0 Å². The third-order valence-corrected chi connectivity index (χ3v) is 16.5. The van der Waals surface area contributed by atoms with Crippen LogP contribution in [0.15, 0.2) is 242 Å². The van der Waals surface area contributed by atoms with E-state index in [1.807, 2.05) is 18.2 Å². The SMILES string of the molecule is C=CC=CC=Cc1ccc(N(C2=CC3=C(CC2)c2ccc(N4c5ccccc5C5C=C(c6ccc7c(c6)c6ccccc6n7C6=CC=CCC6)C=CC54)cc2C3(C)C)C2C=CC(C3C=CC=CC3)=CC2)cc1. The molecule has 0 bridgehead atoms. The van der Waals surface area contributed by atoms with Crippen molar-refractivity contribution in [3.63, 3.8) is 0 Å². The summed E-state index contributed by atoms with van der Waals surface area (Å²) in [5.74, 6) is 0.689. The Morgan fingerprint density at radius 3 is 2.44 bits per heavy atom. The third kappa shape index (κ3) is 7.48. The lowest BCUT2D eigenvalue weighted by atomic mass is 9.79. The number of allylic oxidation sites excluding steroid dienone is 20. The summed E-state index contributed by atoms with van der Waals surface area (Å²) in [4.78, 5) is 5.26. The van der Waals surface area contributed by atoms with Crippen molar-refractivity contribution in [2.45, 2.75) is 75.8 Å². The summed E-state index contributed by atoms with van der Waals surface area (Å²) in [5, 5.41) is 2.62. The highest BCUT2D eigenvalue weighted by molar-refractivity contribution is 6.11. The van der Waals surface area contributed by atoms with E-state index >= 15 is 0 Å². The second-order valence-corrected chi connectivity index (χ2v) is 21.0.